The average Bonchev–Trinajstić information content (AvgIpc) is 2.14. The lowest BCUT2D eigenvalue weighted by atomic mass is 9.99. The number of hydrogen-bond donors (Lipinski definition) is 1. The smallest absolute Gasteiger partial charge is 0.0640 e. The van der Waals surface area contributed by atoms with E-state index in [1.165, 1.54) is 25.0 Å². The van der Waals surface area contributed by atoms with Gasteiger partial charge in [-0.05, 0) is 25.7 Å². The minimum atomic E-state index is 0.538. The summed E-state index contributed by atoms with van der Waals surface area (Å²) in [4.78, 5) is 0. The summed E-state index contributed by atoms with van der Waals surface area (Å²) in [7, 11) is 0. The highest BCUT2D eigenvalue weighted by Gasteiger charge is 2.05. The molecular formula is C9H15N3. The van der Waals surface area contributed by atoms with Crippen molar-refractivity contribution in [3.63, 3.8) is 0 Å². The fourth-order valence-electron chi connectivity index (χ4n) is 1.35. The molecule has 0 unspecified atom stereocenters. The van der Waals surface area contributed by atoms with Crippen molar-refractivity contribution in [3.8, 4) is 6.07 Å². The van der Waals surface area contributed by atoms with Crippen molar-refractivity contribution >= 4 is 5.71 Å². The Morgan fingerprint density at radius 3 is 2.75 bits per heavy atom. The van der Waals surface area contributed by atoms with E-state index in [1.54, 1.807) is 0 Å². The predicted octanol–water partition coefficient (Wildman–Crippen LogP) is 1.81. The molecule has 66 valence electrons. The normalized spacial score (nSPS) is 16.8. The van der Waals surface area contributed by atoms with Gasteiger partial charge < -0.3 is 5.43 Å². The van der Waals surface area contributed by atoms with Gasteiger partial charge in [0.1, 0.15) is 0 Å². The van der Waals surface area contributed by atoms with Gasteiger partial charge in [-0.15, -0.1) is 0 Å². The molecule has 1 aliphatic rings. The van der Waals surface area contributed by atoms with Gasteiger partial charge in [0.05, 0.1) is 12.5 Å². The van der Waals surface area contributed by atoms with E-state index in [0.717, 1.165) is 12.8 Å². The molecule has 0 spiro atoms. The first-order chi connectivity index (χ1) is 5.93. The van der Waals surface area contributed by atoms with Crippen LogP contribution >= 0.6 is 0 Å². The second kappa shape index (κ2) is 5.59. The Balaban J connectivity index is 2.13. The lowest BCUT2D eigenvalue weighted by molar-refractivity contribution is 0.648. The molecule has 12 heavy (non-hydrogen) atoms. The van der Waals surface area contributed by atoms with Gasteiger partial charge in [-0.2, -0.15) is 10.4 Å². The van der Waals surface area contributed by atoms with Crippen LogP contribution in [0.5, 0.6) is 0 Å². The van der Waals surface area contributed by atoms with Crippen LogP contribution in [0.3, 0.4) is 0 Å². The number of nitriles is 1. The molecule has 0 radical (unpaired) electrons. The average molecular weight is 165 g/mol. The van der Waals surface area contributed by atoms with E-state index in [2.05, 4.69) is 16.6 Å². The van der Waals surface area contributed by atoms with Gasteiger partial charge in [0.25, 0.3) is 0 Å². The molecule has 1 N–H and O–H groups in total. The third-order valence-electron chi connectivity index (χ3n) is 2.02. The van der Waals surface area contributed by atoms with Crippen molar-refractivity contribution in [2.45, 2.75) is 38.5 Å². The second-order valence-corrected chi connectivity index (χ2v) is 3.05. The summed E-state index contributed by atoms with van der Waals surface area (Å²) in [5.41, 5.74) is 4.20. The number of hydrazone groups is 1. The monoisotopic (exact) mass is 165 g/mol. The van der Waals surface area contributed by atoms with E-state index in [0.29, 0.717) is 13.0 Å². The minimum Gasteiger partial charge on any atom is -0.309 e. The number of hydrogen-bond acceptors (Lipinski definition) is 3. The molecule has 0 atom stereocenters. The molecule has 0 aromatic rings. The van der Waals surface area contributed by atoms with Gasteiger partial charge >= 0.3 is 0 Å². The van der Waals surface area contributed by atoms with Gasteiger partial charge in [-0.1, -0.05) is 6.42 Å². The SMILES string of the molecule is N#CCCNN=C1CCCCC1. The van der Waals surface area contributed by atoms with Gasteiger partial charge in [-0.25, -0.2) is 0 Å². The van der Waals surface area contributed by atoms with Crippen LogP contribution in [0.2, 0.25) is 0 Å². The minimum absolute atomic E-state index is 0.538. The maximum absolute atomic E-state index is 8.26. The third-order valence-corrected chi connectivity index (χ3v) is 2.02. The zero-order chi connectivity index (χ0) is 8.65. The van der Waals surface area contributed by atoms with E-state index in [-0.39, 0.29) is 0 Å². The Hall–Kier alpha value is -1.04. The molecule has 0 aromatic carbocycles. The second-order valence-electron chi connectivity index (χ2n) is 3.05. The summed E-state index contributed by atoms with van der Waals surface area (Å²) >= 11 is 0. The number of nitrogens with one attached hydrogen (secondary N) is 1. The quantitative estimate of drug-likeness (QED) is 0.512. The molecule has 3 heteroatoms. The van der Waals surface area contributed by atoms with Crippen molar-refractivity contribution < 1.29 is 0 Å². The first-order valence-corrected chi connectivity index (χ1v) is 4.59. The van der Waals surface area contributed by atoms with Crippen LogP contribution in [0, 0.1) is 11.3 Å². The third kappa shape index (κ3) is 3.38. The van der Waals surface area contributed by atoms with E-state index in [1.807, 2.05) is 0 Å². The van der Waals surface area contributed by atoms with Crippen molar-refractivity contribution in [2.75, 3.05) is 6.54 Å². The van der Waals surface area contributed by atoms with Crippen LogP contribution in [0.4, 0.5) is 0 Å². The van der Waals surface area contributed by atoms with Crippen molar-refractivity contribution in [3.05, 3.63) is 0 Å². The Kier molecular flexibility index (Phi) is 4.22. The highest BCUT2D eigenvalue weighted by atomic mass is 15.3. The molecule has 1 rings (SSSR count). The van der Waals surface area contributed by atoms with Crippen LogP contribution in [0.25, 0.3) is 0 Å². The first kappa shape index (κ1) is 9.05. The maximum Gasteiger partial charge on any atom is 0.0640 e. The van der Waals surface area contributed by atoms with E-state index in [4.69, 9.17) is 5.26 Å². The molecule has 0 amide bonds. The summed E-state index contributed by atoms with van der Waals surface area (Å²) in [6.45, 7) is 0.681. The van der Waals surface area contributed by atoms with E-state index < -0.39 is 0 Å². The molecular weight excluding hydrogens is 150 g/mol. The van der Waals surface area contributed by atoms with Crippen LogP contribution in [0.1, 0.15) is 38.5 Å². The Bertz CT molecular complexity index is 182. The van der Waals surface area contributed by atoms with Crippen LogP contribution in [0.15, 0.2) is 5.10 Å². The maximum atomic E-state index is 8.26. The first-order valence-electron chi connectivity index (χ1n) is 4.59. The van der Waals surface area contributed by atoms with E-state index in [9.17, 15) is 0 Å². The van der Waals surface area contributed by atoms with Gasteiger partial charge in [0.2, 0.25) is 0 Å². The highest BCUT2D eigenvalue weighted by molar-refractivity contribution is 5.84. The molecule has 0 heterocycles. The molecule has 1 aliphatic carbocycles. The zero-order valence-electron chi connectivity index (χ0n) is 7.34. The Morgan fingerprint density at radius 1 is 1.33 bits per heavy atom. The van der Waals surface area contributed by atoms with Gasteiger partial charge in [-0.3, -0.25) is 0 Å². The van der Waals surface area contributed by atoms with Crippen molar-refractivity contribution in [2.24, 2.45) is 5.10 Å². The molecule has 0 aliphatic heterocycles. The van der Waals surface area contributed by atoms with Crippen LogP contribution in [-0.2, 0) is 0 Å². The Labute approximate surface area is 73.5 Å². The van der Waals surface area contributed by atoms with E-state index >= 15 is 0 Å². The topological polar surface area (TPSA) is 48.2 Å². The lowest BCUT2D eigenvalue weighted by Crippen LogP contribution is -2.13. The summed E-state index contributed by atoms with van der Waals surface area (Å²) in [6.07, 6.45) is 6.71. The highest BCUT2D eigenvalue weighted by Crippen LogP contribution is 2.13. The number of nitrogens with zero attached hydrogens (tertiary/aromatic N) is 2. The van der Waals surface area contributed by atoms with Gasteiger partial charge in [0, 0.05) is 12.3 Å². The fraction of sp³-hybridized carbons (Fsp3) is 0.778. The molecule has 1 saturated carbocycles. The molecule has 0 aromatic heterocycles. The van der Waals surface area contributed by atoms with Crippen molar-refractivity contribution in [1.82, 2.24) is 5.43 Å². The standard InChI is InChI=1S/C9H15N3/c10-7-4-8-11-12-9-5-2-1-3-6-9/h11H,1-6,8H2. The Morgan fingerprint density at radius 2 is 2.08 bits per heavy atom. The summed E-state index contributed by atoms with van der Waals surface area (Å²) < 4.78 is 0. The van der Waals surface area contributed by atoms with Crippen LogP contribution < -0.4 is 5.43 Å². The molecule has 1 fully saturated rings. The predicted molar refractivity (Wildman–Crippen MR) is 48.8 cm³/mol. The largest absolute Gasteiger partial charge is 0.309 e. The number of rotatable bonds is 3. The van der Waals surface area contributed by atoms with Crippen LogP contribution in [-0.4, -0.2) is 12.3 Å². The van der Waals surface area contributed by atoms with Gasteiger partial charge in [0.15, 0.2) is 0 Å². The lowest BCUT2D eigenvalue weighted by Gasteiger charge is -2.11. The molecule has 3 nitrogen and oxygen atoms in total. The fourth-order valence-corrected chi connectivity index (χ4v) is 1.35. The molecule has 0 saturated heterocycles. The van der Waals surface area contributed by atoms with Crippen molar-refractivity contribution in [1.29, 1.82) is 5.26 Å². The molecule has 0 bridgehead atoms. The summed E-state index contributed by atoms with van der Waals surface area (Å²) in [5.74, 6) is 0. The zero-order valence-corrected chi connectivity index (χ0v) is 7.34. The summed E-state index contributed by atoms with van der Waals surface area (Å²) in [6, 6.07) is 2.07. The summed E-state index contributed by atoms with van der Waals surface area (Å²) in [5, 5.41) is 12.5.